The fraction of sp³-hybridized carbons (Fsp3) is 0.167. The summed E-state index contributed by atoms with van der Waals surface area (Å²) in [4.78, 5) is 0. The monoisotopic (exact) mass is 276 g/mol. The predicted octanol–water partition coefficient (Wildman–Crippen LogP) is 1.91. The molecule has 3 nitrogen and oxygen atoms in total. The molecule has 2 aromatic rings. The molecule has 0 bridgehead atoms. The van der Waals surface area contributed by atoms with Crippen molar-refractivity contribution >= 4 is 35.6 Å². The third-order valence-electron chi connectivity index (χ3n) is 1.90. The van der Waals surface area contributed by atoms with Crippen LogP contribution in [0.2, 0.25) is 0 Å². The molecule has 1 unspecified atom stereocenters. The van der Waals surface area contributed by atoms with Gasteiger partial charge in [-0.2, -0.15) is 0 Å². The Hall–Kier alpha value is -0.840. The van der Waals surface area contributed by atoms with Crippen LogP contribution in [0.4, 0.5) is 0 Å². The number of hydrogen-bond donors (Lipinski definition) is 3. The first kappa shape index (κ1) is 18.5. The highest BCUT2D eigenvalue weighted by atomic mass is 35.5. The normalized spacial score (nSPS) is 10.3. The van der Waals surface area contributed by atoms with Crippen molar-refractivity contribution < 1.29 is 5.11 Å². The molecule has 5 heteroatoms. The number of halogens is 2. The van der Waals surface area contributed by atoms with Crippen molar-refractivity contribution in [2.45, 2.75) is 6.23 Å². The number of nitrogens with two attached hydrogens (primary N) is 2. The molecule has 0 spiro atoms. The van der Waals surface area contributed by atoms with Gasteiger partial charge in [-0.25, -0.2) is 0 Å². The Bertz CT molecular complexity index is 345. The average Bonchev–Trinajstić information content (AvgIpc) is 2.30. The Kier molecular flexibility index (Phi) is 11.2. The molecule has 96 valence electrons. The molecule has 0 radical (unpaired) electrons. The molecule has 0 saturated carbocycles. The summed E-state index contributed by atoms with van der Waals surface area (Å²) in [6.07, 6.45) is -0.838. The molecule has 0 heterocycles. The van der Waals surface area contributed by atoms with E-state index in [1.54, 1.807) is 0 Å². The maximum atomic E-state index is 8.01. The van der Waals surface area contributed by atoms with Crippen LogP contribution in [-0.2, 0) is 0 Å². The lowest BCUT2D eigenvalue weighted by atomic mass is 10.1. The molecular formula is C12H18Cl2N2O. The van der Waals surface area contributed by atoms with Gasteiger partial charge < -0.3 is 16.6 Å². The fourth-order valence-corrected chi connectivity index (χ4v) is 1.13. The van der Waals surface area contributed by atoms with Gasteiger partial charge in [-0.3, -0.25) is 0 Å². The Morgan fingerprint density at radius 2 is 1.12 bits per heavy atom. The van der Waals surface area contributed by atoms with Gasteiger partial charge in [-0.15, -0.1) is 24.8 Å². The van der Waals surface area contributed by atoms with Gasteiger partial charge >= 0.3 is 0 Å². The van der Waals surface area contributed by atoms with Gasteiger partial charge in [0, 0.05) is 6.54 Å². The van der Waals surface area contributed by atoms with Crippen LogP contribution in [-0.4, -0.2) is 17.9 Å². The summed E-state index contributed by atoms with van der Waals surface area (Å²) in [5, 5.41) is 10.6. The van der Waals surface area contributed by atoms with E-state index in [9.17, 15) is 0 Å². The lowest BCUT2D eigenvalue weighted by Crippen LogP contribution is -2.28. The van der Waals surface area contributed by atoms with Crippen molar-refractivity contribution in [3.8, 4) is 0 Å². The Balaban J connectivity index is 0. The van der Waals surface area contributed by atoms with Crippen LogP contribution in [0.3, 0.4) is 0 Å². The van der Waals surface area contributed by atoms with Crippen LogP contribution < -0.4 is 11.5 Å². The number of aliphatic hydroxyl groups is 1. The van der Waals surface area contributed by atoms with Crippen molar-refractivity contribution in [1.82, 2.24) is 0 Å². The molecule has 17 heavy (non-hydrogen) atoms. The highest BCUT2D eigenvalue weighted by Crippen LogP contribution is 2.11. The smallest absolute Gasteiger partial charge is 0.114 e. The van der Waals surface area contributed by atoms with Gasteiger partial charge in [0.1, 0.15) is 6.23 Å². The maximum Gasteiger partial charge on any atom is 0.114 e. The molecule has 0 aliphatic heterocycles. The van der Waals surface area contributed by atoms with Crippen LogP contribution >= 0.6 is 24.8 Å². The van der Waals surface area contributed by atoms with E-state index in [4.69, 9.17) is 16.6 Å². The highest BCUT2D eigenvalue weighted by Gasteiger charge is 1.85. The summed E-state index contributed by atoms with van der Waals surface area (Å²) >= 11 is 0. The van der Waals surface area contributed by atoms with Crippen LogP contribution in [0, 0.1) is 0 Å². The third-order valence-corrected chi connectivity index (χ3v) is 1.90. The summed E-state index contributed by atoms with van der Waals surface area (Å²) in [5.41, 5.74) is 9.52. The van der Waals surface area contributed by atoms with Gasteiger partial charge in [0.05, 0.1) is 0 Å². The molecule has 0 aliphatic carbocycles. The summed E-state index contributed by atoms with van der Waals surface area (Å²) < 4.78 is 0. The van der Waals surface area contributed by atoms with E-state index >= 15 is 0 Å². The minimum Gasteiger partial charge on any atom is -0.377 e. The zero-order chi connectivity index (χ0) is 11.1. The first-order valence-corrected chi connectivity index (χ1v) is 4.81. The first-order chi connectivity index (χ1) is 7.24. The SMILES string of the molecule is Cl.Cl.NCC(N)O.c1ccc2ccccc2c1. The largest absolute Gasteiger partial charge is 0.377 e. The second kappa shape index (κ2) is 10.3. The molecule has 0 aromatic heterocycles. The summed E-state index contributed by atoms with van der Waals surface area (Å²) in [6.45, 7) is 0.139. The minimum absolute atomic E-state index is 0. The predicted molar refractivity (Wildman–Crippen MR) is 77.7 cm³/mol. The van der Waals surface area contributed by atoms with E-state index in [-0.39, 0.29) is 31.4 Å². The maximum absolute atomic E-state index is 8.01. The Morgan fingerprint density at radius 3 is 1.29 bits per heavy atom. The topological polar surface area (TPSA) is 72.3 Å². The molecular weight excluding hydrogens is 259 g/mol. The van der Waals surface area contributed by atoms with Gasteiger partial charge in [0.2, 0.25) is 0 Å². The quantitative estimate of drug-likeness (QED) is 0.697. The van der Waals surface area contributed by atoms with E-state index < -0.39 is 6.23 Å². The lowest BCUT2D eigenvalue weighted by molar-refractivity contribution is 0.191. The van der Waals surface area contributed by atoms with Crippen molar-refractivity contribution in [1.29, 1.82) is 0 Å². The van der Waals surface area contributed by atoms with Crippen LogP contribution in [0.25, 0.3) is 10.8 Å². The van der Waals surface area contributed by atoms with Gasteiger partial charge in [0.25, 0.3) is 0 Å². The standard InChI is InChI=1S/C10H8.C2H8N2O.2ClH/c1-2-6-10-8-4-3-7-9(10)5-1;3-1-2(4)5;;/h1-8H;2,5H,1,3-4H2;2*1H. The molecule has 0 aliphatic rings. The van der Waals surface area contributed by atoms with E-state index in [1.165, 1.54) is 10.8 Å². The summed E-state index contributed by atoms with van der Waals surface area (Å²) in [7, 11) is 0. The number of aliphatic hydroxyl groups excluding tert-OH is 1. The van der Waals surface area contributed by atoms with E-state index in [2.05, 4.69) is 48.5 Å². The zero-order valence-electron chi connectivity index (χ0n) is 9.32. The molecule has 2 aromatic carbocycles. The van der Waals surface area contributed by atoms with Gasteiger partial charge in [-0.05, 0) is 10.8 Å². The second-order valence-electron chi connectivity index (χ2n) is 3.15. The minimum atomic E-state index is -0.838. The zero-order valence-corrected chi connectivity index (χ0v) is 11.0. The lowest BCUT2D eigenvalue weighted by Gasteiger charge is -1.92. The number of hydrogen-bond acceptors (Lipinski definition) is 3. The molecule has 0 amide bonds. The first-order valence-electron chi connectivity index (χ1n) is 4.81. The number of rotatable bonds is 1. The van der Waals surface area contributed by atoms with Crippen LogP contribution in [0.15, 0.2) is 48.5 Å². The molecule has 2 rings (SSSR count). The molecule has 0 saturated heterocycles. The van der Waals surface area contributed by atoms with Gasteiger partial charge in [-0.1, -0.05) is 48.5 Å². The molecule has 5 N–H and O–H groups in total. The summed E-state index contributed by atoms with van der Waals surface area (Å²) in [6, 6.07) is 16.7. The Labute approximate surface area is 114 Å². The van der Waals surface area contributed by atoms with Crippen molar-refractivity contribution in [3.63, 3.8) is 0 Å². The molecule has 0 fully saturated rings. The highest BCUT2D eigenvalue weighted by molar-refractivity contribution is 5.85. The summed E-state index contributed by atoms with van der Waals surface area (Å²) in [5.74, 6) is 0. The average molecular weight is 277 g/mol. The third kappa shape index (κ3) is 7.15. The number of benzene rings is 2. The van der Waals surface area contributed by atoms with Crippen molar-refractivity contribution in [2.24, 2.45) is 11.5 Å². The van der Waals surface area contributed by atoms with Crippen LogP contribution in [0.1, 0.15) is 0 Å². The van der Waals surface area contributed by atoms with Crippen molar-refractivity contribution in [2.75, 3.05) is 6.54 Å². The van der Waals surface area contributed by atoms with Crippen LogP contribution in [0.5, 0.6) is 0 Å². The van der Waals surface area contributed by atoms with E-state index in [0.29, 0.717) is 0 Å². The second-order valence-corrected chi connectivity index (χ2v) is 3.15. The van der Waals surface area contributed by atoms with E-state index in [0.717, 1.165) is 0 Å². The number of fused-ring (bicyclic) bond motifs is 1. The molecule has 1 atom stereocenters. The fourth-order valence-electron chi connectivity index (χ4n) is 1.13. The van der Waals surface area contributed by atoms with Crippen molar-refractivity contribution in [3.05, 3.63) is 48.5 Å². The Morgan fingerprint density at radius 1 is 0.882 bits per heavy atom. The van der Waals surface area contributed by atoms with E-state index in [1.807, 2.05) is 0 Å². The van der Waals surface area contributed by atoms with Gasteiger partial charge in [0.15, 0.2) is 0 Å².